The highest BCUT2D eigenvalue weighted by molar-refractivity contribution is 6.02. The molecular weight excluding hydrogens is 220 g/mol. The fraction of sp³-hybridized carbons (Fsp3) is 0.0909. The number of pyridine rings is 1. The van der Waals surface area contributed by atoms with E-state index in [1.54, 1.807) is 12.3 Å². The predicted molar refractivity (Wildman–Crippen MR) is 61.8 cm³/mol. The molecule has 1 amide bonds. The molecule has 86 valence electrons. The summed E-state index contributed by atoms with van der Waals surface area (Å²) >= 11 is 0. The summed E-state index contributed by atoms with van der Waals surface area (Å²) in [6.07, 6.45) is 2.82. The zero-order valence-corrected chi connectivity index (χ0v) is 9.10. The van der Waals surface area contributed by atoms with Crippen molar-refractivity contribution in [3.05, 3.63) is 52.3 Å². The topological polar surface area (TPSA) is 87.7 Å². The Kier molecular flexibility index (Phi) is 2.95. The van der Waals surface area contributed by atoms with E-state index in [9.17, 15) is 9.59 Å². The molecule has 0 aliphatic carbocycles. The van der Waals surface area contributed by atoms with Gasteiger partial charge in [0.05, 0.1) is 6.33 Å². The third kappa shape index (κ3) is 2.75. The van der Waals surface area contributed by atoms with E-state index in [-0.39, 0.29) is 11.3 Å². The average Bonchev–Trinajstić information content (AvgIpc) is 2.32. The van der Waals surface area contributed by atoms with Crippen LogP contribution >= 0.6 is 0 Å². The van der Waals surface area contributed by atoms with Crippen LogP contribution in [0.4, 0.5) is 5.82 Å². The zero-order chi connectivity index (χ0) is 12.3. The summed E-state index contributed by atoms with van der Waals surface area (Å²) in [6.45, 7) is 1.90. The van der Waals surface area contributed by atoms with Crippen molar-refractivity contribution < 1.29 is 4.79 Å². The van der Waals surface area contributed by atoms with Crippen molar-refractivity contribution in [2.75, 3.05) is 5.32 Å². The van der Waals surface area contributed by atoms with Gasteiger partial charge in [0.1, 0.15) is 11.5 Å². The standard InChI is InChI=1S/C11H10N4O2/c1-7-2-3-9(12-5-7)15-11(17)8-4-10(16)14-6-13-8/h2-6H,1H3,(H,12,15,17)(H,13,14,16). The Balaban J connectivity index is 2.17. The highest BCUT2D eigenvalue weighted by Gasteiger charge is 2.08. The Labute approximate surface area is 96.8 Å². The molecule has 0 aliphatic heterocycles. The van der Waals surface area contributed by atoms with Crippen molar-refractivity contribution >= 4 is 11.7 Å². The number of hydrogen-bond donors (Lipinski definition) is 2. The SMILES string of the molecule is Cc1ccc(NC(=O)c2cc(=O)[nH]cn2)nc1. The highest BCUT2D eigenvalue weighted by Crippen LogP contribution is 2.04. The first-order valence-corrected chi connectivity index (χ1v) is 4.94. The molecule has 0 aliphatic rings. The Morgan fingerprint density at radius 1 is 1.35 bits per heavy atom. The lowest BCUT2D eigenvalue weighted by atomic mass is 10.3. The second-order valence-electron chi connectivity index (χ2n) is 3.47. The summed E-state index contributed by atoms with van der Waals surface area (Å²) in [6, 6.07) is 4.64. The molecule has 2 aromatic heterocycles. The molecule has 17 heavy (non-hydrogen) atoms. The number of H-pyrrole nitrogens is 1. The minimum absolute atomic E-state index is 0.0520. The van der Waals surface area contributed by atoms with E-state index < -0.39 is 5.91 Å². The number of amides is 1. The molecule has 0 saturated heterocycles. The van der Waals surface area contributed by atoms with Gasteiger partial charge >= 0.3 is 0 Å². The van der Waals surface area contributed by atoms with Crippen molar-refractivity contribution in [2.45, 2.75) is 6.92 Å². The number of carbonyl (C=O) groups excluding carboxylic acids is 1. The number of anilines is 1. The fourth-order valence-electron chi connectivity index (χ4n) is 1.21. The quantitative estimate of drug-likeness (QED) is 0.795. The molecule has 2 aromatic rings. The van der Waals surface area contributed by atoms with Crippen LogP contribution in [0, 0.1) is 6.92 Å². The third-order valence-electron chi connectivity index (χ3n) is 2.06. The molecule has 2 rings (SSSR count). The van der Waals surface area contributed by atoms with E-state index in [0.717, 1.165) is 11.6 Å². The number of nitrogens with one attached hydrogen (secondary N) is 2. The molecule has 0 unspecified atom stereocenters. The van der Waals surface area contributed by atoms with Crippen LogP contribution < -0.4 is 10.9 Å². The molecule has 0 radical (unpaired) electrons. The maximum atomic E-state index is 11.7. The van der Waals surface area contributed by atoms with Crippen molar-refractivity contribution in [2.24, 2.45) is 0 Å². The summed E-state index contributed by atoms with van der Waals surface area (Å²) in [5, 5.41) is 2.55. The van der Waals surface area contributed by atoms with Crippen LogP contribution in [0.1, 0.15) is 16.1 Å². The lowest BCUT2D eigenvalue weighted by molar-refractivity contribution is 0.102. The molecule has 0 bridgehead atoms. The van der Waals surface area contributed by atoms with E-state index in [4.69, 9.17) is 0 Å². The van der Waals surface area contributed by atoms with Crippen LogP contribution in [0.25, 0.3) is 0 Å². The highest BCUT2D eigenvalue weighted by atomic mass is 16.2. The Hall–Kier alpha value is -2.50. The fourth-order valence-corrected chi connectivity index (χ4v) is 1.21. The minimum atomic E-state index is -0.465. The molecule has 2 heterocycles. The van der Waals surface area contributed by atoms with Crippen LogP contribution in [-0.4, -0.2) is 20.9 Å². The Morgan fingerprint density at radius 2 is 2.18 bits per heavy atom. The largest absolute Gasteiger partial charge is 0.313 e. The van der Waals surface area contributed by atoms with Crippen molar-refractivity contribution in [3.8, 4) is 0 Å². The Bertz CT molecular complexity index is 589. The van der Waals surface area contributed by atoms with Crippen LogP contribution in [-0.2, 0) is 0 Å². The second-order valence-corrected chi connectivity index (χ2v) is 3.47. The van der Waals surface area contributed by atoms with Gasteiger partial charge in [-0.3, -0.25) is 9.59 Å². The van der Waals surface area contributed by atoms with Crippen LogP contribution in [0.15, 0.2) is 35.5 Å². The number of rotatable bonds is 2. The summed E-state index contributed by atoms with van der Waals surface area (Å²) < 4.78 is 0. The normalized spacial score (nSPS) is 9.94. The van der Waals surface area contributed by atoms with Gasteiger partial charge in [0, 0.05) is 12.3 Å². The molecule has 6 nitrogen and oxygen atoms in total. The van der Waals surface area contributed by atoms with Gasteiger partial charge in [-0.05, 0) is 18.6 Å². The molecular formula is C11H10N4O2. The van der Waals surface area contributed by atoms with Crippen molar-refractivity contribution in [1.82, 2.24) is 15.0 Å². The van der Waals surface area contributed by atoms with Gasteiger partial charge in [0.25, 0.3) is 11.5 Å². The van der Waals surface area contributed by atoms with Gasteiger partial charge in [0.2, 0.25) is 0 Å². The van der Waals surface area contributed by atoms with Gasteiger partial charge in [-0.15, -0.1) is 0 Å². The number of nitrogens with zero attached hydrogens (tertiary/aromatic N) is 2. The number of aryl methyl sites for hydroxylation is 1. The van der Waals surface area contributed by atoms with Crippen LogP contribution in [0.3, 0.4) is 0 Å². The molecule has 6 heteroatoms. The van der Waals surface area contributed by atoms with Crippen LogP contribution in [0.2, 0.25) is 0 Å². The van der Waals surface area contributed by atoms with Crippen LogP contribution in [0.5, 0.6) is 0 Å². The predicted octanol–water partition coefficient (Wildman–Crippen LogP) is 0.726. The van der Waals surface area contributed by atoms with E-state index in [2.05, 4.69) is 20.3 Å². The lowest BCUT2D eigenvalue weighted by Crippen LogP contribution is -2.18. The maximum absolute atomic E-state index is 11.7. The van der Waals surface area contributed by atoms with Gasteiger partial charge in [-0.2, -0.15) is 0 Å². The minimum Gasteiger partial charge on any atom is -0.313 e. The Morgan fingerprint density at radius 3 is 2.82 bits per heavy atom. The molecule has 0 saturated carbocycles. The molecule has 2 N–H and O–H groups in total. The molecule has 0 spiro atoms. The number of carbonyl (C=O) groups is 1. The smallest absolute Gasteiger partial charge is 0.275 e. The van der Waals surface area contributed by atoms with E-state index >= 15 is 0 Å². The molecule has 0 atom stereocenters. The van der Waals surface area contributed by atoms with E-state index in [0.29, 0.717) is 5.82 Å². The summed E-state index contributed by atoms with van der Waals surface area (Å²) in [5.74, 6) is -0.0462. The first kappa shape index (κ1) is 11.0. The third-order valence-corrected chi connectivity index (χ3v) is 2.06. The monoisotopic (exact) mass is 230 g/mol. The van der Waals surface area contributed by atoms with Gasteiger partial charge in [0.15, 0.2) is 0 Å². The summed E-state index contributed by atoms with van der Waals surface area (Å²) in [5.41, 5.74) is 0.676. The molecule has 0 fully saturated rings. The molecule has 0 aromatic carbocycles. The van der Waals surface area contributed by atoms with Crippen molar-refractivity contribution in [1.29, 1.82) is 0 Å². The number of aromatic nitrogens is 3. The number of aromatic amines is 1. The summed E-state index contributed by atoms with van der Waals surface area (Å²) in [7, 11) is 0. The van der Waals surface area contributed by atoms with E-state index in [1.165, 1.54) is 6.33 Å². The van der Waals surface area contributed by atoms with E-state index in [1.807, 2.05) is 13.0 Å². The van der Waals surface area contributed by atoms with Crippen molar-refractivity contribution in [3.63, 3.8) is 0 Å². The van der Waals surface area contributed by atoms with Gasteiger partial charge in [-0.25, -0.2) is 9.97 Å². The second kappa shape index (κ2) is 4.56. The van der Waals surface area contributed by atoms with Gasteiger partial charge < -0.3 is 10.3 Å². The zero-order valence-electron chi connectivity index (χ0n) is 9.10. The summed E-state index contributed by atoms with van der Waals surface area (Å²) in [4.78, 5) is 32.8. The first-order chi connectivity index (χ1) is 8.15. The van der Waals surface area contributed by atoms with Gasteiger partial charge in [-0.1, -0.05) is 6.07 Å². The first-order valence-electron chi connectivity index (χ1n) is 4.94. The maximum Gasteiger partial charge on any atom is 0.275 e. The lowest BCUT2D eigenvalue weighted by Gasteiger charge is -2.03. The average molecular weight is 230 g/mol. The number of hydrogen-bond acceptors (Lipinski definition) is 4.